The summed E-state index contributed by atoms with van der Waals surface area (Å²) in [6, 6.07) is 10.5. The van der Waals surface area contributed by atoms with Crippen LogP contribution in [0.5, 0.6) is 0 Å². The molecule has 1 atom stereocenters. The lowest BCUT2D eigenvalue weighted by Gasteiger charge is -2.36. The molecule has 0 saturated carbocycles. The van der Waals surface area contributed by atoms with Gasteiger partial charge < -0.3 is 14.7 Å². The molecule has 1 aromatic carbocycles. The number of hydrogen-bond donors (Lipinski definition) is 0. The quantitative estimate of drug-likeness (QED) is 0.773. The third kappa shape index (κ3) is 4.10. The second-order valence-corrected chi connectivity index (χ2v) is 7.68. The van der Waals surface area contributed by atoms with Gasteiger partial charge in [-0.05, 0) is 30.3 Å². The van der Waals surface area contributed by atoms with E-state index in [4.69, 9.17) is 11.6 Å². The summed E-state index contributed by atoms with van der Waals surface area (Å²) in [6.07, 6.45) is 3.38. The monoisotopic (exact) mass is 412 g/mol. The Hall–Kier alpha value is -2.93. The first-order valence-corrected chi connectivity index (χ1v) is 9.95. The van der Waals surface area contributed by atoms with E-state index < -0.39 is 0 Å². The summed E-state index contributed by atoms with van der Waals surface area (Å²) in [5.74, 6) is -0.525. The summed E-state index contributed by atoms with van der Waals surface area (Å²) in [5, 5.41) is 0.556. The molecular weight excluding hydrogens is 392 g/mol. The fraction of sp³-hybridized carbons (Fsp3) is 0.333. The molecule has 2 aliphatic heterocycles. The average Bonchev–Trinajstić information content (AvgIpc) is 3.15. The standard InChI is InChI=1S/C21H21ClN4O3/c22-17-2-1-3-18(13-17)26-14-16(12-19(26)27)21(29)25-10-8-24(9-11-25)20(28)15-4-6-23-7-5-15/h1-7,13,16H,8-12,14H2/t16-/m0/s1. The molecule has 1 aromatic heterocycles. The Balaban J connectivity index is 1.35. The SMILES string of the molecule is O=C(c1ccncc1)N1CCN(C(=O)[C@H]2CC(=O)N(c3cccc(Cl)c3)C2)CC1. The van der Waals surface area contributed by atoms with Crippen molar-refractivity contribution in [2.24, 2.45) is 5.92 Å². The zero-order valence-electron chi connectivity index (χ0n) is 15.8. The molecule has 0 radical (unpaired) electrons. The summed E-state index contributed by atoms with van der Waals surface area (Å²) in [5.41, 5.74) is 1.31. The highest BCUT2D eigenvalue weighted by Gasteiger charge is 2.38. The van der Waals surface area contributed by atoms with Crippen LogP contribution in [0.25, 0.3) is 0 Å². The molecule has 29 heavy (non-hydrogen) atoms. The molecule has 0 bridgehead atoms. The first-order valence-electron chi connectivity index (χ1n) is 9.57. The molecule has 2 aliphatic rings. The van der Waals surface area contributed by atoms with Gasteiger partial charge >= 0.3 is 0 Å². The number of halogens is 1. The molecule has 150 valence electrons. The van der Waals surface area contributed by atoms with Crippen molar-refractivity contribution in [2.75, 3.05) is 37.6 Å². The summed E-state index contributed by atoms with van der Waals surface area (Å²) >= 11 is 6.03. The van der Waals surface area contributed by atoms with Crippen molar-refractivity contribution < 1.29 is 14.4 Å². The van der Waals surface area contributed by atoms with E-state index in [1.807, 2.05) is 6.07 Å². The van der Waals surface area contributed by atoms with Crippen LogP contribution in [-0.4, -0.2) is 65.2 Å². The van der Waals surface area contributed by atoms with Gasteiger partial charge in [0.2, 0.25) is 11.8 Å². The molecule has 0 unspecified atom stereocenters. The third-order valence-electron chi connectivity index (χ3n) is 5.40. The van der Waals surface area contributed by atoms with Crippen LogP contribution in [-0.2, 0) is 9.59 Å². The van der Waals surface area contributed by atoms with Crippen LogP contribution in [0.4, 0.5) is 5.69 Å². The lowest BCUT2D eigenvalue weighted by molar-refractivity contribution is -0.137. The molecule has 0 spiro atoms. The van der Waals surface area contributed by atoms with Gasteiger partial charge in [0.05, 0.1) is 5.92 Å². The second kappa shape index (κ2) is 8.21. The van der Waals surface area contributed by atoms with Crippen molar-refractivity contribution >= 4 is 35.0 Å². The predicted octanol–water partition coefficient (Wildman–Crippen LogP) is 2.07. The molecule has 8 heteroatoms. The average molecular weight is 413 g/mol. The van der Waals surface area contributed by atoms with Gasteiger partial charge in [-0.25, -0.2) is 0 Å². The summed E-state index contributed by atoms with van der Waals surface area (Å²) < 4.78 is 0. The number of carbonyl (C=O) groups excluding carboxylic acids is 3. The third-order valence-corrected chi connectivity index (χ3v) is 5.64. The van der Waals surface area contributed by atoms with Gasteiger partial charge in [-0.3, -0.25) is 19.4 Å². The second-order valence-electron chi connectivity index (χ2n) is 7.24. The molecule has 2 fully saturated rings. The van der Waals surface area contributed by atoms with E-state index in [0.29, 0.717) is 49.0 Å². The maximum Gasteiger partial charge on any atom is 0.254 e. The topological polar surface area (TPSA) is 73.8 Å². The van der Waals surface area contributed by atoms with E-state index in [1.54, 1.807) is 57.4 Å². The molecule has 3 heterocycles. The number of benzene rings is 1. The van der Waals surface area contributed by atoms with Gasteiger partial charge in [-0.2, -0.15) is 0 Å². The van der Waals surface area contributed by atoms with Crippen LogP contribution in [0.3, 0.4) is 0 Å². The van der Waals surface area contributed by atoms with E-state index in [0.717, 1.165) is 0 Å². The Labute approximate surface area is 173 Å². The molecule has 3 amide bonds. The maximum absolute atomic E-state index is 12.9. The Kier molecular flexibility index (Phi) is 5.49. The first kappa shape index (κ1) is 19.4. The number of carbonyl (C=O) groups is 3. The van der Waals surface area contributed by atoms with E-state index in [2.05, 4.69) is 4.98 Å². The zero-order valence-corrected chi connectivity index (χ0v) is 16.6. The molecule has 0 N–H and O–H groups in total. The first-order chi connectivity index (χ1) is 14.0. The van der Waals surface area contributed by atoms with Crippen molar-refractivity contribution in [1.29, 1.82) is 0 Å². The molecule has 4 rings (SSSR count). The lowest BCUT2D eigenvalue weighted by atomic mass is 10.1. The van der Waals surface area contributed by atoms with E-state index >= 15 is 0 Å². The highest BCUT2D eigenvalue weighted by molar-refractivity contribution is 6.31. The van der Waals surface area contributed by atoms with E-state index in [1.165, 1.54) is 0 Å². The molecule has 2 aromatic rings. The Morgan fingerprint density at radius 1 is 1.00 bits per heavy atom. The van der Waals surface area contributed by atoms with Gasteiger partial charge in [-0.15, -0.1) is 0 Å². The summed E-state index contributed by atoms with van der Waals surface area (Å²) in [7, 11) is 0. The number of amides is 3. The van der Waals surface area contributed by atoms with Gasteiger partial charge in [0, 0.05) is 67.8 Å². The number of piperazine rings is 1. The Bertz CT molecular complexity index is 929. The number of anilines is 1. The summed E-state index contributed by atoms with van der Waals surface area (Å²) in [4.78, 5) is 47.0. The number of hydrogen-bond acceptors (Lipinski definition) is 4. The normalized spacial score (nSPS) is 19.6. The molecule has 0 aliphatic carbocycles. The Morgan fingerprint density at radius 3 is 2.38 bits per heavy atom. The van der Waals surface area contributed by atoms with Crippen molar-refractivity contribution in [3.8, 4) is 0 Å². The van der Waals surface area contributed by atoms with Crippen molar-refractivity contribution in [3.63, 3.8) is 0 Å². The minimum Gasteiger partial charge on any atom is -0.339 e. The minimum absolute atomic E-state index is 0.0288. The summed E-state index contributed by atoms with van der Waals surface area (Å²) in [6.45, 7) is 2.25. The van der Waals surface area contributed by atoms with Crippen LogP contribution in [0.15, 0.2) is 48.8 Å². The van der Waals surface area contributed by atoms with Crippen LogP contribution in [0.2, 0.25) is 5.02 Å². The fourth-order valence-corrected chi connectivity index (χ4v) is 4.02. The van der Waals surface area contributed by atoms with Crippen LogP contribution in [0.1, 0.15) is 16.8 Å². The lowest BCUT2D eigenvalue weighted by Crippen LogP contribution is -2.52. The van der Waals surface area contributed by atoms with Gasteiger partial charge in [-0.1, -0.05) is 17.7 Å². The van der Waals surface area contributed by atoms with Gasteiger partial charge in [0.15, 0.2) is 0 Å². The number of rotatable bonds is 3. The van der Waals surface area contributed by atoms with E-state index in [-0.39, 0.29) is 30.1 Å². The fourth-order valence-electron chi connectivity index (χ4n) is 3.83. The smallest absolute Gasteiger partial charge is 0.254 e. The van der Waals surface area contributed by atoms with Crippen molar-refractivity contribution in [3.05, 3.63) is 59.4 Å². The van der Waals surface area contributed by atoms with Gasteiger partial charge in [0.25, 0.3) is 5.91 Å². The van der Waals surface area contributed by atoms with Crippen molar-refractivity contribution in [2.45, 2.75) is 6.42 Å². The van der Waals surface area contributed by atoms with E-state index in [9.17, 15) is 14.4 Å². The predicted molar refractivity (Wildman–Crippen MR) is 109 cm³/mol. The number of aromatic nitrogens is 1. The molecular formula is C21H21ClN4O3. The van der Waals surface area contributed by atoms with Crippen LogP contribution >= 0.6 is 11.6 Å². The largest absolute Gasteiger partial charge is 0.339 e. The number of nitrogens with zero attached hydrogens (tertiary/aromatic N) is 4. The van der Waals surface area contributed by atoms with Gasteiger partial charge in [0.1, 0.15) is 0 Å². The highest BCUT2D eigenvalue weighted by atomic mass is 35.5. The maximum atomic E-state index is 12.9. The van der Waals surface area contributed by atoms with Crippen molar-refractivity contribution in [1.82, 2.24) is 14.8 Å². The number of pyridine rings is 1. The Morgan fingerprint density at radius 2 is 1.69 bits per heavy atom. The molecule has 2 saturated heterocycles. The highest BCUT2D eigenvalue weighted by Crippen LogP contribution is 2.28. The van der Waals surface area contributed by atoms with Crippen LogP contribution in [0, 0.1) is 5.92 Å². The molecule has 7 nitrogen and oxygen atoms in total. The van der Waals surface area contributed by atoms with Crippen LogP contribution < -0.4 is 4.90 Å². The zero-order chi connectivity index (χ0) is 20.4. The minimum atomic E-state index is -0.371.